The van der Waals surface area contributed by atoms with Crippen molar-refractivity contribution in [1.29, 1.82) is 0 Å². The molecule has 0 spiro atoms. The van der Waals surface area contributed by atoms with Crippen molar-refractivity contribution in [3.63, 3.8) is 0 Å². The van der Waals surface area contributed by atoms with Crippen molar-refractivity contribution < 1.29 is 8.78 Å². The second kappa shape index (κ2) is 6.76. The SMILES string of the molecule is CCCNC(c1cc(C)nc(C)c1)c1cccc(F)c1F. The summed E-state index contributed by atoms with van der Waals surface area (Å²) in [5.74, 6) is -1.61. The third-order valence-corrected chi connectivity index (χ3v) is 3.33. The van der Waals surface area contributed by atoms with Crippen LogP contribution in [0.3, 0.4) is 0 Å². The van der Waals surface area contributed by atoms with Gasteiger partial charge in [-0.2, -0.15) is 0 Å². The lowest BCUT2D eigenvalue weighted by Crippen LogP contribution is -2.24. The molecule has 1 aromatic carbocycles. The van der Waals surface area contributed by atoms with E-state index in [-0.39, 0.29) is 6.04 Å². The second-order valence-electron chi connectivity index (χ2n) is 5.21. The van der Waals surface area contributed by atoms with Crippen LogP contribution in [0.4, 0.5) is 8.78 Å². The molecule has 0 amide bonds. The summed E-state index contributed by atoms with van der Waals surface area (Å²) in [7, 11) is 0. The highest BCUT2D eigenvalue weighted by Crippen LogP contribution is 2.26. The fourth-order valence-electron chi connectivity index (χ4n) is 2.47. The van der Waals surface area contributed by atoms with Crippen LogP contribution in [-0.2, 0) is 0 Å². The summed E-state index contributed by atoms with van der Waals surface area (Å²) in [6.07, 6.45) is 0.913. The number of aromatic nitrogens is 1. The molecule has 4 heteroatoms. The van der Waals surface area contributed by atoms with E-state index < -0.39 is 11.6 Å². The van der Waals surface area contributed by atoms with Gasteiger partial charge >= 0.3 is 0 Å². The normalized spacial score (nSPS) is 12.4. The molecule has 1 unspecified atom stereocenters. The molecule has 0 aliphatic heterocycles. The predicted octanol–water partition coefficient (Wildman–Crippen LogP) is 4.07. The van der Waals surface area contributed by atoms with Crippen molar-refractivity contribution in [3.8, 4) is 0 Å². The van der Waals surface area contributed by atoms with E-state index in [1.165, 1.54) is 6.07 Å². The molecule has 2 nitrogen and oxygen atoms in total. The van der Waals surface area contributed by atoms with Crippen molar-refractivity contribution >= 4 is 0 Å². The Hall–Kier alpha value is -1.81. The minimum Gasteiger partial charge on any atom is -0.306 e. The molecule has 0 aliphatic carbocycles. The van der Waals surface area contributed by atoms with E-state index in [1.54, 1.807) is 6.07 Å². The lowest BCUT2D eigenvalue weighted by atomic mass is 9.97. The minimum atomic E-state index is -0.821. The lowest BCUT2D eigenvalue weighted by molar-refractivity contribution is 0.480. The van der Waals surface area contributed by atoms with Crippen LogP contribution in [0.1, 0.15) is 41.9 Å². The molecular formula is C17H20F2N2. The Balaban J connectivity index is 2.49. The third-order valence-electron chi connectivity index (χ3n) is 3.33. The molecule has 2 aromatic rings. The number of pyridine rings is 1. The average molecular weight is 290 g/mol. The maximum Gasteiger partial charge on any atom is 0.163 e. The van der Waals surface area contributed by atoms with E-state index in [0.717, 1.165) is 36.0 Å². The van der Waals surface area contributed by atoms with E-state index in [0.29, 0.717) is 5.56 Å². The Morgan fingerprint density at radius 3 is 2.43 bits per heavy atom. The summed E-state index contributed by atoms with van der Waals surface area (Å²) < 4.78 is 27.7. The smallest absolute Gasteiger partial charge is 0.163 e. The van der Waals surface area contributed by atoms with Gasteiger partial charge in [0.1, 0.15) is 0 Å². The number of benzene rings is 1. The monoisotopic (exact) mass is 290 g/mol. The number of nitrogens with one attached hydrogen (secondary N) is 1. The van der Waals surface area contributed by atoms with Gasteiger partial charge in [0.25, 0.3) is 0 Å². The summed E-state index contributed by atoms with van der Waals surface area (Å²) in [4.78, 5) is 4.34. The quantitative estimate of drug-likeness (QED) is 0.898. The molecule has 2 rings (SSSR count). The van der Waals surface area contributed by atoms with Crippen molar-refractivity contribution in [1.82, 2.24) is 10.3 Å². The zero-order valence-corrected chi connectivity index (χ0v) is 12.6. The molecule has 1 aromatic heterocycles. The van der Waals surface area contributed by atoms with Crippen LogP contribution < -0.4 is 5.32 Å². The number of hydrogen-bond acceptors (Lipinski definition) is 2. The molecule has 1 heterocycles. The van der Waals surface area contributed by atoms with Crippen LogP contribution >= 0.6 is 0 Å². The average Bonchev–Trinajstić information content (AvgIpc) is 2.42. The summed E-state index contributed by atoms with van der Waals surface area (Å²) >= 11 is 0. The molecule has 0 saturated heterocycles. The maximum absolute atomic E-state index is 14.1. The number of halogens is 2. The standard InChI is InChI=1S/C17H20F2N2/c1-4-8-20-17(13-9-11(2)21-12(3)10-13)14-6-5-7-15(18)16(14)19/h5-7,9-10,17,20H,4,8H2,1-3H3. The van der Waals surface area contributed by atoms with Gasteiger partial charge in [-0.25, -0.2) is 8.78 Å². The number of rotatable bonds is 5. The molecule has 0 aliphatic rings. The Morgan fingerprint density at radius 1 is 1.14 bits per heavy atom. The lowest BCUT2D eigenvalue weighted by Gasteiger charge is -2.21. The summed E-state index contributed by atoms with van der Waals surface area (Å²) in [5, 5.41) is 3.29. The molecule has 0 saturated carbocycles. The van der Waals surface area contributed by atoms with Gasteiger partial charge in [0, 0.05) is 17.0 Å². The van der Waals surface area contributed by atoms with Crippen molar-refractivity contribution in [3.05, 3.63) is 64.5 Å². The van der Waals surface area contributed by atoms with E-state index in [1.807, 2.05) is 32.9 Å². The Labute approximate surface area is 124 Å². The van der Waals surface area contributed by atoms with Crippen LogP contribution in [-0.4, -0.2) is 11.5 Å². The Morgan fingerprint density at radius 2 is 1.81 bits per heavy atom. The first-order valence-electron chi connectivity index (χ1n) is 7.15. The fraction of sp³-hybridized carbons (Fsp3) is 0.353. The molecule has 0 radical (unpaired) electrons. The van der Waals surface area contributed by atoms with Crippen molar-refractivity contribution in [2.24, 2.45) is 0 Å². The first-order valence-corrected chi connectivity index (χ1v) is 7.15. The van der Waals surface area contributed by atoms with E-state index in [2.05, 4.69) is 10.3 Å². The Bertz CT molecular complexity index is 606. The van der Waals surface area contributed by atoms with Crippen LogP contribution in [0.25, 0.3) is 0 Å². The number of nitrogens with zero attached hydrogens (tertiary/aromatic N) is 1. The van der Waals surface area contributed by atoms with Gasteiger partial charge in [-0.1, -0.05) is 19.1 Å². The minimum absolute atomic E-state index is 0.327. The molecule has 1 N–H and O–H groups in total. The van der Waals surface area contributed by atoms with Crippen molar-refractivity contribution in [2.45, 2.75) is 33.2 Å². The van der Waals surface area contributed by atoms with Crippen LogP contribution in [0.15, 0.2) is 30.3 Å². The van der Waals surface area contributed by atoms with Gasteiger partial charge in [-0.15, -0.1) is 0 Å². The molecule has 112 valence electrons. The summed E-state index contributed by atoms with van der Waals surface area (Å²) in [6, 6.07) is 7.74. The van der Waals surface area contributed by atoms with Gasteiger partial charge in [0.2, 0.25) is 0 Å². The largest absolute Gasteiger partial charge is 0.306 e. The first kappa shape index (κ1) is 15.6. The number of aryl methyl sites for hydroxylation is 2. The van der Waals surface area contributed by atoms with Gasteiger partial charge in [0.15, 0.2) is 11.6 Å². The first-order chi connectivity index (χ1) is 10.0. The molecule has 21 heavy (non-hydrogen) atoms. The highest BCUT2D eigenvalue weighted by atomic mass is 19.2. The van der Waals surface area contributed by atoms with Crippen LogP contribution in [0, 0.1) is 25.5 Å². The molecule has 0 bridgehead atoms. The van der Waals surface area contributed by atoms with Gasteiger partial charge in [0.05, 0.1) is 6.04 Å². The van der Waals surface area contributed by atoms with Crippen LogP contribution in [0.2, 0.25) is 0 Å². The van der Waals surface area contributed by atoms with Gasteiger partial charge in [-0.3, -0.25) is 4.98 Å². The summed E-state index contributed by atoms with van der Waals surface area (Å²) in [6.45, 7) is 6.56. The highest BCUT2D eigenvalue weighted by molar-refractivity contribution is 5.34. The predicted molar refractivity (Wildman–Crippen MR) is 80.2 cm³/mol. The molecular weight excluding hydrogens is 270 g/mol. The molecule has 0 fully saturated rings. The Kier molecular flexibility index (Phi) is 5.02. The molecule has 1 atom stereocenters. The fourth-order valence-corrected chi connectivity index (χ4v) is 2.47. The number of hydrogen-bond donors (Lipinski definition) is 1. The third kappa shape index (κ3) is 3.64. The zero-order valence-electron chi connectivity index (χ0n) is 12.6. The van der Waals surface area contributed by atoms with Gasteiger partial charge < -0.3 is 5.32 Å². The second-order valence-corrected chi connectivity index (χ2v) is 5.21. The van der Waals surface area contributed by atoms with Crippen LogP contribution in [0.5, 0.6) is 0 Å². The topological polar surface area (TPSA) is 24.9 Å². The van der Waals surface area contributed by atoms with Crippen molar-refractivity contribution in [2.75, 3.05) is 6.54 Å². The highest BCUT2D eigenvalue weighted by Gasteiger charge is 2.20. The summed E-state index contributed by atoms with van der Waals surface area (Å²) in [5.41, 5.74) is 2.96. The van der Waals surface area contributed by atoms with E-state index in [4.69, 9.17) is 0 Å². The zero-order chi connectivity index (χ0) is 15.4. The van der Waals surface area contributed by atoms with Gasteiger partial charge in [-0.05, 0) is 50.6 Å². The van der Waals surface area contributed by atoms with E-state index in [9.17, 15) is 8.78 Å². The maximum atomic E-state index is 14.1. The van der Waals surface area contributed by atoms with E-state index >= 15 is 0 Å².